The van der Waals surface area contributed by atoms with Crippen LogP contribution in [0.15, 0.2) is 67.3 Å². The lowest BCUT2D eigenvalue weighted by atomic mass is 9.97. The fourth-order valence-electron chi connectivity index (χ4n) is 4.26. The van der Waals surface area contributed by atoms with Gasteiger partial charge in [0.25, 0.3) is 0 Å². The van der Waals surface area contributed by atoms with Crippen LogP contribution in [-0.2, 0) is 15.9 Å². The lowest BCUT2D eigenvalue weighted by Gasteiger charge is -2.29. The first-order chi connectivity index (χ1) is 16.5. The lowest BCUT2D eigenvalue weighted by molar-refractivity contribution is -0.207. The number of hydrogen-bond acceptors (Lipinski definition) is 2. The average Bonchev–Trinajstić information content (AvgIpc) is 2.86. The van der Waals surface area contributed by atoms with Gasteiger partial charge in [-0.1, -0.05) is 68.0 Å². The van der Waals surface area contributed by atoms with Crippen LogP contribution in [-0.4, -0.2) is 13.2 Å². The van der Waals surface area contributed by atoms with Crippen molar-refractivity contribution in [3.05, 3.63) is 95.8 Å². The standard InChI is InChI=1S/C29H29F3O2/c1-3-5-7-19-17-33-29(34-18-19)25-15-13-23(16-26(25)30)20-8-10-21(11-9-20)24-14-12-22(6-4-2)27(31)28(24)32/h3,8-16,19,29H,1,4-7,17-18H2,2H3. The van der Waals surface area contributed by atoms with E-state index in [1.165, 1.54) is 6.07 Å². The van der Waals surface area contributed by atoms with E-state index in [9.17, 15) is 13.2 Å². The quantitative estimate of drug-likeness (QED) is 0.313. The first-order valence-corrected chi connectivity index (χ1v) is 11.7. The van der Waals surface area contributed by atoms with E-state index in [-0.39, 0.29) is 11.5 Å². The van der Waals surface area contributed by atoms with Crippen LogP contribution >= 0.6 is 0 Å². The first kappa shape index (κ1) is 24.2. The van der Waals surface area contributed by atoms with Gasteiger partial charge in [-0.15, -0.1) is 6.58 Å². The third kappa shape index (κ3) is 5.26. The van der Waals surface area contributed by atoms with E-state index in [2.05, 4.69) is 6.58 Å². The molecule has 3 aromatic rings. The molecule has 0 amide bonds. The summed E-state index contributed by atoms with van der Waals surface area (Å²) in [4.78, 5) is 0. The predicted molar refractivity (Wildman–Crippen MR) is 129 cm³/mol. The Morgan fingerprint density at radius 2 is 1.56 bits per heavy atom. The molecular formula is C29H29F3O2. The number of rotatable bonds is 8. The van der Waals surface area contributed by atoms with Gasteiger partial charge in [-0.05, 0) is 47.6 Å². The Hall–Kier alpha value is -2.89. The second-order valence-electron chi connectivity index (χ2n) is 8.69. The van der Waals surface area contributed by atoms with Crippen molar-refractivity contribution in [3.63, 3.8) is 0 Å². The fourth-order valence-corrected chi connectivity index (χ4v) is 4.26. The lowest BCUT2D eigenvalue weighted by Crippen LogP contribution is -2.27. The second-order valence-corrected chi connectivity index (χ2v) is 8.69. The summed E-state index contributed by atoms with van der Waals surface area (Å²) in [5, 5.41) is 0. The number of halogens is 3. The normalized spacial score (nSPS) is 18.1. The summed E-state index contributed by atoms with van der Waals surface area (Å²) in [6.45, 7) is 6.70. The molecule has 0 spiro atoms. The van der Waals surface area contributed by atoms with Gasteiger partial charge in [0.2, 0.25) is 0 Å². The Bertz CT molecular complexity index is 1130. The van der Waals surface area contributed by atoms with Gasteiger partial charge in [0, 0.05) is 17.0 Å². The highest BCUT2D eigenvalue weighted by Gasteiger charge is 2.25. The van der Waals surface area contributed by atoms with E-state index in [0.29, 0.717) is 41.9 Å². The first-order valence-electron chi connectivity index (χ1n) is 11.7. The van der Waals surface area contributed by atoms with Crippen LogP contribution in [0.1, 0.15) is 43.6 Å². The molecular weight excluding hydrogens is 437 g/mol. The molecule has 1 aliphatic heterocycles. The van der Waals surface area contributed by atoms with Gasteiger partial charge in [0.1, 0.15) is 5.82 Å². The van der Waals surface area contributed by atoms with Gasteiger partial charge >= 0.3 is 0 Å². The van der Waals surface area contributed by atoms with Crippen molar-refractivity contribution in [3.8, 4) is 22.3 Å². The Morgan fingerprint density at radius 1 is 0.882 bits per heavy atom. The molecule has 1 fully saturated rings. The molecule has 0 saturated carbocycles. The summed E-state index contributed by atoms with van der Waals surface area (Å²) < 4.78 is 55.3. The van der Waals surface area contributed by atoms with Crippen LogP contribution in [0, 0.1) is 23.4 Å². The molecule has 178 valence electrons. The van der Waals surface area contributed by atoms with Gasteiger partial charge < -0.3 is 9.47 Å². The zero-order valence-electron chi connectivity index (χ0n) is 19.3. The highest BCUT2D eigenvalue weighted by molar-refractivity contribution is 5.71. The Morgan fingerprint density at radius 3 is 2.21 bits per heavy atom. The van der Waals surface area contributed by atoms with Crippen molar-refractivity contribution in [2.45, 2.75) is 38.9 Å². The number of hydrogen-bond donors (Lipinski definition) is 0. The molecule has 0 unspecified atom stereocenters. The third-order valence-corrected chi connectivity index (χ3v) is 6.21. The molecule has 0 radical (unpaired) electrons. The monoisotopic (exact) mass is 466 g/mol. The fraction of sp³-hybridized carbons (Fsp3) is 0.310. The van der Waals surface area contributed by atoms with Gasteiger partial charge in [0.05, 0.1) is 13.2 Å². The molecule has 1 aliphatic rings. The summed E-state index contributed by atoms with van der Waals surface area (Å²) in [6, 6.07) is 15.2. The number of benzene rings is 3. The molecule has 1 heterocycles. The van der Waals surface area contributed by atoms with Gasteiger partial charge in [-0.2, -0.15) is 0 Å². The minimum atomic E-state index is -0.840. The Balaban J connectivity index is 1.48. The van der Waals surface area contributed by atoms with Crippen molar-refractivity contribution in [2.24, 2.45) is 5.92 Å². The van der Waals surface area contributed by atoms with E-state index in [1.807, 2.05) is 19.1 Å². The molecule has 3 aromatic carbocycles. The van der Waals surface area contributed by atoms with Crippen LogP contribution < -0.4 is 0 Å². The molecule has 0 N–H and O–H groups in total. The van der Waals surface area contributed by atoms with Crippen LogP contribution in [0.5, 0.6) is 0 Å². The van der Waals surface area contributed by atoms with Gasteiger partial charge in [-0.3, -0.25) is 0 Å². The van der Waals surface area contributed by atoms with Crippen LogP contribution in [0.2, 0.25) is 0 Å². The molecule has 1 saturated heterocycles. The predicted octanol–water partition coefficient (Wildman–Crippen LogP) is 8.02. The van der Waals surface area contributed by atoms with Crippen molar-refractivity contribution >= 4 is 0 Å². The Labute approximate surface area is 199 Å². The van der Waals surface area contributed by atoms with Crippen molar-refractivity contribution in [1.82, 2.24) is 0 Å². The van der Waals surface area contributed by atoms with Crippen LogP contribution in [0.4, 0.5) is 13.2 Å². The zero-order valence-corrected chi connectivity index (χ0v) is 19.3. The topological polar surface area (TPSA) is 18.5 Å². The van der Waals surface area contributed by atoms with E-state index in [4.69, 9.17) is 9.47 Å². The molecule has 5 heteroatoms. The second kappa shape index (κ2) is 11.0. The maximum Gasteiger partial charge on any atom is 0.186 e. The average molecular weight is 467 g/mol. The van der Waals surface area contributed by atoms with Gasteiger partial charge in [-0.25, -0.2) is 13.2 Å². The minimum absolute atomic E-state index is 0.212. The number of ether oxygens (including phenoxy) is 2. The minimum Gasteiger partial charge on any atom is -0.348 e. The highest BCUT2D eigenvalue weighted by atomic mass is 19.2. The van der Waals surface area contributed by atoms with E-state index >= 15 is 0 Å². The van der Waals surface area contributed by atoms with Crippen LogP contribution in [0.3, 0.4) is 0 Å². The SMILES string of the molecule is C=CCCC1COC(c2ccc(-c3ccc(-c4ccc(CCC)c(F)c4F)cc3)cc2F)OC1. The smallest absolute Gasteiger partial charge is 0.186 e. The summed E-state index contributed by atoms with van der Waals surface area (Å²) in [6.07, 6.45) is 4.23. The van der Waals surface area contributed by atoms with Crippen LogP contribution in [0.25, 0.3) is 22.3 Å². The highest BCUT2D eigenvalue weighted by Crippen LogP contribution is 2.33. The third-order valence-electron chi connectivity index (χ3n) is 6.21. The summed E-state index contributed by atoms with van der Waals surface area (Å²) in [5.74, 6) is -1.75. The molecule has 0 aliphatic carbocycles. The molecule has 34 heavy (non-hydrogen) atoms. The zero-order chi connectivity index (χ0) is 24.1. The largest absolute Gasteiger partial charge is 0.348 e. The number of aryl methyl sites for hydroxylation is 1. The maximum absolute atomic E-state index is 14.9. The van der Waals surface area contributed by atoms with E-state index in [0.717, 1.165) is 24.8 Å². The number of allylic oxidation sites excluding steroid dienone is 1. The molecule has 0 aromatic heterocycles. The van der Waals surface area contributed by atoms with Crippen molar-refractivity contribution in [1.29, 1.82) is 0 Å². The summed E-state index contributed by atoms with van der Waals surface area (Å²) in [5.41, 5.74) is 2.98. The van der Waals surface area contributed by atoms with Crippen molar-refractivity contribution in [2.75, 3.05) is 13.2 Å². The molecule has 4 rings (SSSR count). The molecule has 2 nitrogen and oxygen atoms in total. The van der Waals surface area contributed by atoms with Gasteiger partial charge in [0.15, 0.2) is 17.9 Å². The maximum atomic E-state index is 14.9. The summed E-state index contributed by atoms with van der Waals surface area (Å²) in [7, 11) is 0. The Kier molecular flexibility index (Phi) is 7.86. The summed E-state index contributed by atoms with van der Waals surface area (Å²) >= 11 is 0. The van der Waals surface area contributed by atoms with E-state index < -0.39 is 23.7 Å². The molecule has 0 atom stereocenters. The van der Waals surface area contributed by atoms with E-state index in [1.54, 1.807) is 42.5 Å². The molecule has 0 bridgehead atoms. The van der Waals surface area contributed by atoms with Crippen molar-refractivity contribution < 1.29 is 22.6 Å².